The summed E-state index contributed by atoms with van der Waals surface area (Å²) in [7, 11) is 4.11. The third-order valence-electron chi connectivity index (χ3n) is 11.7. The zero-order chi connectivity index (χ0) is 54.2. The maximum Gasteiger partial charge on any atom is 0.337 e. The molecule has 9 heterocycles. The Morgan fingerprint density at radius 2 is 0.974 bits per heavy atom. The highest BCUT2D eigenvalue weighted by atomic mass is 79.9. The Morgan fingerprint density at radius 1 is 0.571 bits per heavy atom. The summed E-state index contributed by atoms with van der Waals surface area (Å²) in [4.78, 5) is 80.6. The van der Waals surface area contributed by atoms with E-state index < -0.39 is 0 Å². The number of hydrogen-bond donors (Lipinski definition) is 2. The average Bonchev–Trinajstić information content (AvgIpc) is 4.32. The molecule has 0 unspecified atom stereocenters. The molecule has 0 radical (unpaired) electrons. The number of fused-ring (bicyclic) bond motifs is 13. The Labute approximate surface area is 475 Å². The van der Waals surface area contributed by atoms with Gasteiger partial charge in [0.1, 0.15) is 12.6 Å². The van der Waals surface area contributed by atoms with E-state index in [1.54, 1.807) is 94.7 Å². The van der Waals surface area contributed by atoms with Gasteiger partial charge in [-0.25, -0.2) is 34.3 Å². The first-order valence-corrected chi connectivity index (χ1v) is 29.3. The van der Waals surface area contributed by atoms with Crippen LogP contribution >= 0.6 is 90.3 Å². The minimum Gasteiger partial charge on any atom is -0.465 e. The summed E-state index contributed by atoms with van der Waals surface area (Å²) in [5, 5.41) is 6.09. The van der Waals surface area contributed by atoms with Crippen molar-refractivity contribution in [1.82, 2.24) is 47.8 Å². The molecule has 77 heavy (non-hydrogen) atoms. The van der Waals surface area contributed by atoms with E-state index in [1.807, 2.05) is 74.4 Å². The molecule has 0 amide bonds. The molecule has 0 saturated heterocycles. The summed E-state index contributed by atoms with van der Waals surface area (Å²) in [6.45, 7) is 2.02. The first-order chi connectivity index (χ1) is 37.5. The molecule has 0 bridgehead atoms. The highest BCUT2D eigenvalue weighted by Crippen LogP contribution is 2.31. The van der Waals surface area contributed by atoms with E-state index in [0.717, 1.165) is 117 Å². The van der Waals surface area contributed by atoms with Crippen molar-refractivity contribution in [3.63, 3.8) is 0 Å². The lowest BCUT2D eigenvalue weighted by Crippen LogP contribution is -2.01. The molecule has 0 saturated carbocycles. The number of thiazole rings is 2. The third-order valence-corrected chi connectivity index (χ3v) is 15.3. The Morgan fingerprint density at radius 3 is 1.47 bits per heavy atom. The number of carbonyl (C=O) groups is 5. The summed E-state index contributed by atoms with van der Waals surface area (Å²) in [5.74, 6) is 1.18. The average molecular weight is 1260 g/mol. The summed E-state index contributed by atoms with van der Waals surface area (Å²) in [6.07, 6.45) is 5.65. The van der Waals surface area contributed by atoms with Crippen LogP contribution in [0.1, 0.15) is 51.8 Å². The van der Waals surface area contributed by atoms with Gasteiger partial charge in [0.15, 0.2) is 25.0 Å². The molecule has 2 aliphatic heterocycles. The normalized spacial score (nSPS) is 12.0. The van der Waals surface area contributed by atoms with Crippen molar-refractivity contribution in [2.75, 3.05) is 37.1 Å². The van der Waals surface area contributed by atoms with E-state index >= 15 is 0 Å². The second-order valence-corrected chi connectivity index (χ2v) is 23.1. The van der Waals surface area contributed by atoms with E-state index in [0.29, 0.717) is 32.6 Å². The number of aromatic amines is 2. The number of benzene rings is 5. The Bertz CT molecular complexity index is 4210. The van der Waals surface area contributed by atoms with Crippen LogP contribution in [0.2, 0.25) is 0 Å². The number of rotatable bonds is 5. The molecule has 14 rings (SSSR count). The van der Waals surface area contributed by atoms with Crippen molar-refractivity contribution < 1.29 is 38.2 Å². The lowest BCUT2D eigenvalue weighted by molar-refractivity contribution is 0.0592. The number of nitrogens with one attached hydrogen (secondary N) is 2. The summed E-state index contributed by atoms with van der Waals surface area (Å²) >= 11 is 17.7. The Balaban J connectivity index is 0.000000116. The molecule has 25 heteroatoms. The topological polar surface area (TPSA) is 215 Å². The number of hydrogen-bond acceptors (Lipinski definition) is 17. The molecule has 2 N–H and O–H groups in total. The summed E-state index contributed by atoms with van der Waals surface area (Å²) in [6, 6.07) is 27.3. The van der Waals surface area contributed by atoms with E-state index in [4.69, 9.17) is 12.2 Å². The van der Waals surface area contributed by atoms with Crippen LogP contribution in [0.5, 0.6) is 0 Å². The number of thioether (sulfide) groups is 2. The first-order valence-electron chi connectivity index (χ1n) is 22.9. The van der Waals surface area contributed by atoms with Crippen molar-refractivity contribution in [3.05, 3.63) is 147 Å². The van der Waals surface area contributed by atoms with Gasteiger partial charge in [-0.3, -0.25) is 18.4 Å². The smallest absolute Gasteiger partial charge is 0.337 e. The molecule has 5 aromatic carbocycles. The highest BCUT2D eigenvalue weighted by molar-refractivity contribution is 9.24. The number of ether oxygens (including phenoxy) is 3. The molecular formula is C52H42Br2N10O8S5. The number of aryl methyl sites for hydroxylation is 2. The van der Waals surface area contributed by atoms with E-state index in [9.17, 15) is 24.0 Å². The van der Waals surface area contributed by atoms with E-state index in [2.05, 4.69) is 85.1 Å². The van der Waals surface area contributed by atoms with Gasteiger partial charge >= 0.3 is 17.9 Å². The fraction of sp³-hybridized carbons (Fsp3) is 0.154. The number of carbonyl (C=O) groups excluding carboxylic acids is 5. The number of esters is 3. The molecule has 7 aromatic heterocycles. The zero-order valence-electron chi connectivity index (χ0n) is 40.8. The zero-order valence-corrected chi connectivity index (χ0v) is 48.1. The minimum atomic E-state index is -0.354. The van der Waals surface area contributed by atoms with Crippen molar-refractivity contribution in [2.24, 2.45) is 0 Å². The molecule has 392 valence electrons. The van der Waals surface area contributed by atoms with Crippen LogP contribution in [0.15, 0.2) is 124 Å². The van der Waals surface area contributed by atoms with Gasteiger partial charge in [-0.1, -0.05) is 55.4 Å². The molecule has 0 spiro atoms. The fourth-order valence-corrected chi connectivity index (χ4v) is 11.8. The van der Waals surface area contributed by atoms with Gasteiger partial charge in [0.2, 0.25) is 0 Å². The van der Waals surface area contributed by atoms with Crippen LogP contribution in [0.25, 0.3) is 65.1 Å². The van der Waals surface area contributed by atoms with Crippen molar-refractivity contribution in [2.45, 2.75) is 23.4 Å². The fourth-order valence-electron chi connectivity index (χ4n) is 8.18. The number of halogens is 2. The van der Waals surface area contributed by atoms with Gasteiger partial charge in [-0.05, 0) is 103 Å². The van der Waals surface area contributed by atoms with Crippen LogP contribution in [-0.2, 0) is 27.3 Å². The van der Waals surface area contributed by atoms with Crippen LogP contribution in [-0.4, -0.2) is 115 Å². The van der Waals surface area contributed by atoms with Crippen LogP contribution < -0.4 is 0 Å². The van der Waals surface area contributed by atoms with Crippen molar-refractivity contribution in [1.29, 1.82) is 0 Å². The number of methoxy groups -OCH3 is 3. The molecule has 0 atom stereocenters. The number of nitrogens with zero attached hydrogens (tertiary/aromatic N) is 8. The lowest BCUT2D eigenvalue weighted by Gasteiger charge is -2.00. The van der Waals surface area contributed by atoms with Gasteiger partial charge in [0.25, 0.3) is 0 Å². The molecule has 18 nitrogen and oxygen atoms in total. The first kappa shape index (κ1) is 54.8. The lowest BCUT2D eigenvalue weighted by atomic mass is 10.2. The molecule has 0 fully saturated rings. The molecule has 12 aromatic rings. The quantitative estimate of drug-likeness (QED) is 0.0539. The van der Waals surface area contributed by atoms with E-state index in [-0.39, 0.29) is 17.9 Å². The van der Waals surface area contributed by atoms with Crippen LogP contribution in [0.4, 0.5) is 0 Å². The van der Waals surface area contributed by atoms with Crippen molar-refractivity contribution >= 4 is 186 Å². The maximum atomic E-state index is 11.4. The van der Waals surface area contributed by atoms with Gasteiger partial charge < -0.3 is 33.3 Å². The SMILES string of the molecule is BrCBr.COC(=O)c1ccc2[nH]c(=S)[nH]c2c1.COC(=O)c1ccc2c(c1)nc1n2CCS1.COC(=O)c1ccc2c(c1)nc1sccn12.O=Cc1ccc2c(c1)nc1n2CCS1.O=Cc1ccc2c(c1)nc1sccn12. The maximum absolute atomic E-state index is 11.4. The summed E-state index contributed by atoms with van der Waals surface area (Å²) in [5.41, 5.74) is 12.4. The minimum absolute atomic E-state index is 0.317. The van der Waals surface area contributed by atoms with Crippen LogP contribution in [0, 0.1) is 4.77 Å². The largest absolute Gasteiger partial charge is 0.465 e. The summed E-state index contributed by atoms with van der Waals surface area (Å²) < 4.78 is 23.8. The Hall–Kier alpha value is -7.00. The third kappa shape index (κ3) is 12.1. The number of imidazole rings is 5. The van der Waals surface area contributed by atoms with Gasteiger partial charge in [0.05, 0.1) is 97.4 Å². The number of aldehydes is 2. The second-order valence-electron chi connectivity index (χ2n) is 16.2. The number of alkyl halides is 2. The molecule has 0 aliphatic carbocycles. The monoisotopic (exact) mass is 1250 g/mol. The molecule has 2 aliphatic rings. The Kier molecular flexibility index (Phi) is 17.8. The number of aromatic nitrogens is 10. The number of H-pyrrole nitrogens is 2. The predicted molar refractivity (Wildman–Crippen MR) is 313 cm³/mol. The molecular weight excluding hydrogens is 1210 g/mol. The van der Waals surface area contributed by atoms with Gasteiger partial charge in [-0.15, -0.1) is 22.7 Å². The van der Waals surface area contributed by atoms with E-state index in [1.165, 1.54) is 21.3 Å². The predicted octanol–water partition coefficient (Wildman–Crippen LogP) is 12.3. The van der Waals surface area contributed by atoms with Crippen molar-refractivity contribution in [3.8, 4) is 0 Å². The van der Waals surface area contributed by atoms with Crippen LogP contribution in [0.3, 0.4) is 0 Å². The highest BCUT2D eigenvalue weighted by Gasteiger charge is 2.19. The standard InChI is InChI=1S/C11H10N2O2S.C11H8N2O2S.C10H8N2OS.C10H6N2OS.C9H8N2O2S.CH2Br2/c2*1-15-10(14)7-2-3-9-8(6-7)12-11-13(9)4-5-16-11;2*13-6-7-1-2-9-8(5-7)11-10-12(9)3-4-14-10;1-13-8(12)5-2-3-6-7(4-5)11-9(14)10-6;2-1-3/h2-3,6H,4-5H2,1H3;2-6H,1H3;1-2,5-6H,3-4H2;1-6H;2-4H,1H3,(H2,10,11,14);1H2. The van der Waals surface area contributed by atoms with Gasteiger partial charge in [-0.2, -0.15) is 0 Å². The second kappa shape index (κ2) is 25.0. The van der Waals surface area contributed by atoms with Gasteiger partial charge in [0, 0.05) is 58.9 Å².